The third-order valence-electron chi connectivity index (χ3n) is 2.89. The van der Waals surface area contributed by atoms with Gasteiger partial charge in [0.2, 0.25) is 0 Å². The Morgan fingerprint density at radius 1 is 1.35 bits per heavy atom. The van der Waals surface area contributed by atoms with Gasteiger partial charge in [0, 0.05) is 19.7 Å². The quantitative estimate of drug-likeness (QED) is 0.806. The summed E-state index contributed by atoms with van der Waals surface area (Å²) < 4.78 is 0. The molecule has 5 nitrogen and oxygen atoms in total. The fourth-order valence-corrected chi connectivity index (χ4v) is 1.97. The van der Waals surface area contributed by atoms with E-state index in [-0.39, 0.29) is 25.6 Å². The first-order chi connectivity index (χ1) is 9.47. The van der Waals surface area contributed by atoms with Crippen LogP contribution in [0.5, 0.6) is 0 Å². The minimum Gasteiger partial charge on any atom is -0.481 e. The van der Waals surface area contributed by atoms with Gasteiger partial charge in [-0.15, -0.1) is 0 Å². The van der Waals surface area contributed by atoms with E-state index in [1.54, 1.807) is 24.3 Å². The van der Waals surface area contributed by atoms with Crippen LogP contribution < -0.4 is 0 Å². The van der Waals surface area contributed by atoms with Crippen LogP contribution in [0.3, 0.4) is 0 Å². The molecule has 0 saturated carbocycles. The molecule has 0 fully saturated rings. The molecule has 1 aromatic rings. The van der Waals surface area contributed by atoms with Gasteiger partial charge < -0.3 is 15.1 Å². The maximum Gasteiger partial charge on any atom is 0.308 e. The minimum absolute atomic E-state index is 0.0618. The van der Waals surface area contributed by atoms with E-state index in [2.05, 4.69) is 0 Å². The van der Waals surface area contributed by atoms with Crippen molar-refractivity contribution in [1.29, 1.82) is 0 Å². The van der Waals surface area contributed by atoms with Gasteiger partial charge in [0.25, 0.3) is 5.91 Å². The largest absolute Gasteiger partial charge is 0.481 e. The van der Waals surface area contributed by atoms with E-state index in [1.165, 1.54) is 11.8 Å². The van der Waals surface area contributed by atoms with Gasteiger partial charge in [-0.2, -0.15) is 0 Å². The van der Waals surface area contributed by atoms with Crippen LogP contribution in [0.25, 0.3) is 0 Å². The van der Waals surface area contributed by atoms with Crippen LogP contribution in [-0.2, 0) is 4.79 Å². The summed E-state index contributed by atoms with van der Waals surface area (Å²) in [5.41, 5.74) is 0.338. The lowest BCUT2D eigenvalue weighted by atomic mass is 10.1. The van der Waals surface area contributed by atoms with E-state index >= 15 is 0 Å². The summed E-state index contributed by atoms with van der Waals surface area (Å²) in [7, 11) is 0. The molecular weight excluding hydrogens is 282 g/mol. The van der Waals surface area contributed by atoms with Gasteiger partial charge in [0.1, 0.15) is 0 Å². The van der Waals surface area contributed by atoms with Crippen LogP contribution in [0.1, 0.15) is 23.7 Å². The Hall–Kier alpha value is -1.59. The molecule has 110 valence electrons. The number of aliphatic hydroxyl groups is 1. The predicted molar refractivity (Wildman–Crippen MR) is 75.9 cm³/mol. The molecule has 0 aliphatic rings. The Balaban J connectivity index is 2.89. The summed E-state index contributed by atoms with van der Waals surface area (Å²) >= 11 is 5.98. The number of carbonyl (C=O) groups is 2. The van der Waals surface area contributed by atoms with E-state index in [0.29, 0.717) is 17.0 Å². The van der Waals surface area contributed by atoms with Gasteiger partial charge in [0.05, 0.1) is 16.5 Å². The zero-order valence-corrected chi connectivity index (χ0v) is 12.0. The van der Waals surface area contributed by atoms with Gasteiger partial charge in [-0.3, -0.25) is 9.59 Å². The molecule has 0 aliphatic carbocycles. The van der Waals surface area contributed by atoms with Crippen molar-refractivity contribution in [2.45, 2.75) is 13.3 Å². The van der Waals surface area contributed by atoms with Crippen LogP contribution in [0.15, 0.2) is 24.3 Å². The number of rotatable bonds is 7. The molecule has 20 heavy (non-hydrogen) atoms. The highest BCUT2D eigenvalue weighted by molar-refractivity contribution is 6.33. The summed E-state index contributed by atoms with van der Waals surface area (Å²) in [6.45, 7) is 1.85. The number of carboxylic acid groups (broad SMARTS) is 1. The Morgan fingerprint density at radius 2 is 2.00 bits per heavy atom. The number of carboxylic acids is 1. The highest BCUT2D eigenvalue weighted by Gasteiger charge is 2.22. The molecule has 0 aromatic heterocycles. The highest BCUT2D eigenvalue weighted by atomic mass is 35.5. The van der Waals surface area contributed by atoms with Crippen molar-refractivity contribution >= 4 is 23.5 Å². The Morgan fingerprint density at radius 3 is 2.55 bits per heavy atom. The number of aliphatic hydroxyl groups excluding tert-OH is 1. The molecule has 0 spiro atoms. The number of halogens is 1. The molecule has 0 heterocycles. The lowest BCUT2D eigenvalue weighted by molar-refractivity contribution is -0.141. The van der Waals surface area contributed by atoms with E-state index in [4.69, 9.17) is 21.8 Å². The average Bonchev–Trinajstić information content (AvgIpc) is 2.42. The normalized spacial score (nSPS) is 11.9. The van der Waals surface area contributed by atoms with Crippen molar-refractivity contribution in [2.75, 3.05) is 19.7 Å². The molecule has 1 amide bonds. The van der Waals surface area contributed by atoms with Crippen LogP contribution in [0, 0.1) is 5.92 Å². The third kappa shape index (κ3) is 4.51. The molecule has 1 aromatic carbocycles. The number of benzene rings is 1. The zero-order chi connectivity index (χ0) is 15.1. The number of nitrogens with zero attached hydrogens (tertiary/aromatic N) is 1. The molecule has 1 atom stereocenters. The second-order valence-electron chi connectivity index (χ2n) is 4.55. The van der Waals surface area contributed by atoms with Crippen LogP contribution in [-0.4, -0.2) is 46.7 Å². The average molecular weight is 300 g/mol. The summed E-state index contributed by atoms with van der Waals surface area (Å²) in [6.07, 6.45) is 0.391. The number of hydrogen-bond donors (Lipinski definition) is 2. The Kier molecular flexibility index (Phi) is 6.48. The molecule has 1 rings (SSSR count). The van der Waals surface area contributed by atoms with Gasteiger partial charge in [0.15, 0.2) is 0 Å². The maximum atomic E-state index is 12.4. The van der Waals surface area contributed by atoms with Crippen molar-refractivity contribution in [2.24, 2.45) is 5.92 Å². The first-order valence-corrected chi connectivity index (χ1v) is 6.72. The van der Waals surface area contributed by atoms with Gasteiger partial charge in [-0.25, -0.2) is 0 Å². The number of amides is 1. The van der Waals surface area contributed by atoms with Crippen molar-refractivity contribution in [3.63, 3.8) is 0 Å². The predicted octanol–water partition coefficient (Wildman–Crippen LogP) is 1.89. The van der Waals surface area contributed by atoms with Crippen molar-refractivity contribution in [1.82, 2.24) is 4.90 Å². The summed E-state index contributed by atoms with van der Waals surface area (Å²) in [5.74, 6) is -1.97. The second-order valence-corrected chi connectivity index (χ2v) is 4.95. The molecule has 1 unspecified atom stereocenters. The lowest BCUT2D eigenvalue weighted by Gasteiger charge is -2.24. The third-order valence-corrected chi connectivity index (χ3v) is 3.22. The van der Waals surface area contributed by atoms with E-state index in [9.17, 15) is 9.59 Å². The van der Waals surface area contributed by atoms with Crippen LogP contribution in [0.4, 0.5) is 0 Å². The first-order valence-electron chi connectivity index (χ1n) is 6.34. The van der Waals surface area contributed by atoms with E-state index < -0.39 is 11.9 Å². The summed E-state index contributed by atoms with van der Waals surface area (Å²) in [4.78, 5) is 24.7. The number of aliphatic carboxylic acids is 1. The van der Waals surface area contributed by atoms with E-state index in [1.807, 2.05) is 0 Å². The summed E-state index contributed by atoms with van der Waals surface area (Å²) in [5, 5.41) is 18.2. The van der Waals surface area contributed by atoms with Gasteiger partial charge in [-0.1, -0.05) is 30.7 Å². The molecule has 6 heteroatoms. The van der Waals surface area contributed by atoms with Crippen molar-refractivity contribution < 1.29 is 19.8 Å². The second kappa shape index (κ2) is 7.87. The fraction of sp³-hybridized carbons (Fsp3) is 0.429. The maximum absolute atomic E-state index is 12.4. The molecule has 0 aliphatic heterocycles. The van der Waals surface area contributed by atoms with Crippen LogP contribution >= 0.6 is 11.6 Å². The number of hydrogen-bond acceptors (Lipinski definition) is 3. The Labute approximate surface area is 122 Å². The van der Waals surface area contributed by atoms with Crippen LogP contribution in [0.2, 0.25) is 5.02 Å². The van der Waals surface area contributed by atoms with Crippen molar-refractivity contribution in [3.8, 4) is 0 Å². The van der Waals surface area contributed by atoms with Gasteiger partial charge in [-0.05, 0) is 18.6 Å². The Bertz CT molecular complexity index is 478. The monoisotopic (exact) mass is 299 g/mol. The lowest BCUT2D eigenvalue weighted by Crippen LogP contribution is -2.38. The van der Waals surface area contributed by atoms with E-state index in [0.717, 1.165) is 0 Å². The summed E-state index contributed by atoms with van der Waals surface area (Å²) in [6, 6.07) is 6.63. The SMILES string of the molecule is CC(CN(CCCO)C(=O)c1ccccc1Cl)C(=O)O. The fourth-order valence-electron chi connectivity index (χ4n) is 1.75. The smallest absolute Gasteiger partial charge is 0.308 e. The zero-order valence-electron chi connectivity index (χ0n) is 11.3. The van der Waals surface area contributed by atoms with Crippen molar-refractivity contribution in [3.05, 3.63) is 34.9 Å². The molecule has 2 N–H and O–H groups in total. The molecular formula is C14H18ClNO4. The topological polar surface area (TPSA) is 77.8 Å². The van der Waals surface area contributed by atoms with Gasteiger partial charge >= 0.3 is 5.97 Å². The highest BCUT2D eigenvalue weighted by Crippen LogP contribution is 2.18. The first kappa shape index (κ1) is 16.5. The molecule has 0 saturated heterocycles. The minimum atomic E-state index is -0.967. The molecule has 0 radical (unpaired) electrons. The standard InChI is InChI=1S/C14H18ClNO4/c1-10(14(19)20)9-16(7-4-8-17)13(18)11-5-2-3-6-12(11)15/h2-3,5-6,10,17H,4,7-9H2,1H3,(H,19,20). The number of carbonyl (C=O) groups excluding carboxylic acids is 1. The molecule has 0 bridgehead atoms.